The third-order valence-electron chi connectivity index (χ3n) is 3.56. The molecule has 3 nitrogen and oxygen atoms in total. The third kappa shape index (κ3) is 2.15. The smallest absolute Gasteiger partial charge is 0.300 e. The van der Waals surface area contributed by atoms with Gasteiger partial charge in [0, 0.05) is 6.54 Å². The van der Waals surface area contributed by atoms with Gasteiger partial charge in [0.1, 0.15) is 5.54 Å². The second-order valence-corrected chi connectivity index (χ2v) is 4.60. The van der Waals surface area contributed by atoms with Gasteiger partial charge in [-0.15, -0.1) is 0 Å². The first-order chi connectivity index (χ1) is 7.45. The molecule has 3 fully saturated rings. The van der Waals surface area contributed by atoms with Crippen LogP contribution in [-0.2, 0) is 0 Å². The second-order valence-electron chi connectivity index (χ2n) is 4.60. The van der Waals surface area contributed by atoms with Gasteiger partial charge in [0.05, 0.1) is 12.6 Å². The summed E-state index contributed by atoms with van der Waals surface area (Å²) in [4.78, 5) is 2.06. The van der Waals surface area contributed by atoms with Gasteiger partial charge in [-0.05, 0) is 31.8 Å². The van der Waals surface area contributed by atoms with Gasteiger partial charge in [-0.25, -0.2) is 0 Å². The van der Waals surface area contributed by atoms with E-state index >= 15 is 0 Å². The Balaban J connectivity index is 2.06. The van der Waals surface area contributed by atoms with Crippen LogP contribution >= 0.6 is 0 Å². The number of nitrogens with zero attached hydrogens (tertiary/aromatic N) is 2. The summed E-state index contributed by atoms with van der Waals surface area (Å²) in [6, 6.07) is 2.07. The average molecular weight is 233 g/mol. The van der Waals surface area contributed by atoms with Crippen LogP contribution in [0.25, 0.3) is 0 Å². The molecule has 16 heavy (non-hydrogen) atoms. The van der Waals surface area contributed by atoms with Crippen LogP contribution in [0.3, 0.4) is 0 Å². The summed E-state index contributed by atoms with van der Waals surface area (Å²) in [5.74, 6) is 0.0600. The number of hydrogen-bond donors (Lipinski definition) is 1. The van der Waals surface area contributed by atoms with Crippen molar-refractivity contribution in [2.75, 3.05) is 26.2 Å². The van der Waals surface area contributed by atoms with E-state index in [9.17, 15) is 13.2 Å². The standard InChI is InChI=1S/C10H14F3N3/c11-10(12,13)6-15-9(5-14)7-16-3-1-8(9)2-4-16/h8,15H,1-4,6-7H2. The van der Waals surface area contributed by atoms with Crippen molar-refractivity contribution in [1.82, 2.24) is 10.2 Å². The minimum atomic E-state index is -4.25. The normalized spacial score (nSPS) is 38.4. The number of hydrogen-bond acceptors (Lipinski definition) is 3. The Kier molecular flexibility index (Phi) is 2.84. The number of nitriles is 1. The summed E-state index contributed by atoms with van der Waals surface area (Å²) < 4.78 is 36.5. The molecule has 0 saturated carbocycles. The van der Waals surface area contributed by atoms with Crippen LogP contribution in [0.4, 0.5) is 13.2 Å². The largest absolute Gasteiger partial charge is 0.401 e. The predicted molar refractivity (Wildman–Crippen MR) is 51.6 cm³/mol. The van der Waals surface area contributed by atoms with Gasteiger partial charge >= 0.3 is 6.18 Å². The molecule has 0 radical (unpaired) electrons. The monoisotopic (exact) mass is 233 g/mol. The fourth-order valence-electron chi connectivity index (χ4n) is 2.69. The van der Waals surface area contributed by atoms with E-state index in [1.165, 1.54) is 0 Å². The Morgan fingerprint density at radius 2 is 2.00 bits per heavy atom. The lowest BCUT2D eigenvalue weighted by Crippen LogP contribution is -2.66. The molecule has 0 amide bonds. The summed E-state index contributed by atoms with van der Waals surface area (Å²) in [6.45, 7) is 1.15. The van der Waals surface area contributed by atoms with E-state index in [1.54, 1.807) is 0 Å². The lowest BCUT2D eigenvalue weighted by Gasteiger charge is -2.50. The van der Waals surface area contributed by atoms with E-state index in [0.29, 0.717) is 6.54 Å². The van der Waals surface area contributed by atoms with Crippen molar-refractivity contribution in [3.05, 3.63) is 0 Å². The van der Waals surface area contributed by atoms with Gasteiger partial charge in [0.2, 0.25) is 0 Å². The van der Waals surface area contributed by atoms with E-state index in [-0.39, 0.29) is 5.92 Å². The highest BCUT2D eigenvalue weighted by atomic mass is 19.4. The first-order valence-electron chi connectivity index (χ1n) is 5.41. The molecule has 2 bridgehead atoms. The summed E-state index contributed by atoms with van der Waals surface area (Å²) in [5.41, 5.74) is -0.994. The number of nitrogens with one attached hydrogen (secondary N) is 1. The minimum Gasteiger partial charge on any atom is -0.300 e. The molecule has 1 N–H and O–H groups in total. The van der Waals surface area contributed by atoms with Gasteiger partial charge in [-0.2, -0.15) is 18.4 Å². The molecule has 90 valence electrons. The van der Waals surface area contributed by atoms with Crippen LogP contribution in [0.15, 0.2) is 0 Å². The molecule has 3 rings (SSSR count). The maximum absolute atomic E-state index is 12.2. The molecule has 0 aromatic rings. The zero-order chi connectivity index (χ0) is 11.8. The summed E-state index contributed by atoms with van der Waals surface area (Å²) in [5, 5.41) is 11.6. The van der Waals surface area contributed by atoms with Crippen LogP contribution in [0.2, 0.25) is 0 Å². The molecule has 3 heterocycles. The van der Waals surface area contributed by atoms with Gasteiger partial charge < -0.3 is 4.90 Å². The fourth-order valence-corrected chi connectivity index (χ4v) is 2.69. The van der Waals surface area contributed by atoms with Crippen molar-refractivity contribution < 1.29 is 13.2 Å². The zero-order valence-corrected chi connectivity index (χ0v) is 8.85. The summed E-state index contributed by atoms with van der Waals surface area (Å²) in [6.07, 6.45) is -2.62. The summed E-state index contributed by atoms with van der Waals surface area (Å²) >= 11 is 0. The number of fused-ring (bicyclic) bond motifs is 3. The number of rotatable bonds is 2. The predicted octanol–water partition coefficient (Wildman–Crippen LogP) is 1.13. The molecule has 3 aliphatic rings. The Bertz CT molecular complexity index is 301. The molecule has 0 spiro atoms. The van der Waals surface area contributed by atoms with Crippen LogP contribution in [-0.4, -0.2) is 42.8 Å². The van der Waals surface area contributed by atoms with Crippen molar-refractivity contribution in [3.63, 3.8) is 0 Å². The Hall–Kier alpha value is -0.800. The molecule has 3 aliphatic heterocycles. The van der Waals surface area contributed by atoms with Gasteiger partial charge in [-0.3, -0.25) is 5.32 Å². The highest BCUT2D eigenvalue weighted by Crippen LogP contribution is 2.35. The summed E-state index contributed by atoms with van der Waals surface area (Å²) in [7, 11) is 0. The first kappa shape index (κ1) is 11.7. The average Bonchev–Trinajstić information content (AvgIpc) is 2.27. The van der Waals surface area contributed by atoms with Crippen LogP contribution in [0.5, 0.6) is 0 Å². The maximum Gasteiger partial charge on any atom is 0.401 e. The first-order valence-corrected chi connectivity index (χ1v) is 5.41. The van der Waals surface area contributed by atoms with E-state index < -0.39 is 18.3 Å². The highest BCUT2D eigenvalue weighted by molar-refractivity contribution is 5.17. The van der Waals surface area contributed by atoms with E-state index in [1.807, 2.05) is 0 Å². The maximum atomic E-state index is 12.2. The van der Waals surface area contributed by atoms with Crippen molar-refractivity contribution in [3.8, 4) is 6.07 Å². The Morgan fingerprint density at radius 1 is 1.38 bits per heavy atom. The highest BCUT2D eigenvalue weighted by Gasteiger charge is 2.48. The van der Waals surface area contributed by atoms with Gasteiger partial charge in [0.15, 0.2) is 0 Å². The van der Waals surface area contributed by atoms with E-state index in [2.05, 4.69) is 16.3 Å². The Labute approximate surface area is 92.2 Å². The van der Waals surface area contributed by atoms with Gasteiger partial charge in [0.25, 0.3) is 0 Å². The molecule has 0 aromatic carbocycles. The molecular weight excluding hydrogens is 219 g/mol. The quantitative estimate of drug-likeness (QED) is 0.777. The molecular formula is C10H14F3N3. The van der Waals surface area contributed by atoms with Crippen molar-refractivity contribution in [1.29, 1.82) is 5.26 Å². The van der Waals surface area contributed by atoms with E-state index in [0.717, 1.165) is 25.9 Å². The van der Waals surface area contributed by atoms with E-state index in [4.69, 9.17) is 5.26 Å². The van der Waals surface area contributed by atoms with Crippen molar-refractivity contribution >= 4 is 0 Å². The number of halogens is 3. The van der Waals surface area contributed by atoms with Crippen molar-refractivity contribution in [2.24, 2.45) is 5.92 Å². The molecule has 0 aromatic heterocycles. The van der Waals surface area contributed by atoms with Crippen molar-refractivity contribution in [2.45, 2.75) is 24.6 Å². The number of piperidine rings is 3. The molecule has 1 atom stereocenters. The van der Waals surface area contributed by atoms with Crippen LogP contribution in [0, 0.1) is 17.2 Å². The molecule has 6 heteroatoms. The topological polar surface area (TPSA) is 39.1 Å². The lowest BCUT2D eigenvalue weighted by atomic mass is 9.73. The third-order valence-corrected chi connectivity index (χ3v) is 3.56. The second kappa shape index (κ2) is 3.90. The zero-order valence-electron chi connectivity index (χ0n) is 8.85. The van der Waals surface area contributed by atoms with Crippen LogP contribution in [0.1, 0.15) is 12.8 Å². The van der Waals surface area contributed by atoms with Gasteiger partial charge in [-0.1, -0.05) is 0 Å². The molecule has 3 saturated heterocycles. The van der Waals surface area contributed by atoms with Crippen LogP contribution < -0.4 is 5.32 Å². The minimum absolute atomic E-state index is 0.0600. The number of alkyl halides is 3. The Morgan fingerprint density at radius 3 is 2.38 bits per heavy atom. The lowest BCUT2D eigenvalue weighted by molar-refractivity contribution is -0.131. The fraction of sp³-hybridized carbons (Fsp3) is 0.900. The molecule has 0 aliphatic carbocycles. The SMILES string of the molecule is N#CC1(NCC(F)(F)F)CN2CCC1CC2. The molecule has 1 unspecified atom stereocenters.